The van der Waals surface area contributed by atoms with E-state index in [1.807, 2.05) is 0 Å². The smallest absolute Gasteiger partial charge is 0.0703 e. The summed E-state index contributed by atoms with van der Waals surface area (Å²) in [6, 6.07) is 0.591. The van der Waals surface area contributed by atoms with Crippen molar-refractivity contribution < 1.29 is 0 Å². The molecule has 0 saturated heterocycles. The topological polar surface area (TPSA) is 15.6 Å². The van der Waals surface area contributed by atoms with Crippen molar-refractivity contribution in [2.24, 2.45) is 5.10 Å². The lowest BCUT2D eigenvalue weighted by Gasteiger charge is -2.23. The second-order valence-corrected chi connectivity index (χ2v) is 2.99. The summed E-state index contributed by atoms with van der Waals surface area (Å²) in [6.45, 7) is 3.21. The number of fused-ring (bicyclic) bond motifs is 1. The molecule has 0 aromatic rings. The molecule has 0 aromatic heterocycles. The third-order valence-electron chi connectivity index (χ3n) is 2.07. The van der Waals surface area contributed by atoms with Gasteiger partial charge in [0.15, 0.2) is 0 Å². The van der Waals surface area contributed by atoms with E-state index < -0.39 is 0 Å². The lowest BCUT2D eigenvalue weighted by atomic mass is 10.1. The van der Waals surface area contributed by atoms with Crippen molar-refractivity contribution in [3.05, 3.63) is 12.2 Å². The van der Waals surface area contributed by atoms with Crippen LogP contribution in [0.4, 0.5) is 0 Å². The van der Waals surface area contributed by atoms with Gasteiger partial charge in [0.1, 0.15) is 0 Å². The molecule has 0 amide bonds. The first-order valence-electron chi connectivity index (χ1n) is 3.83. The van der Waals surface area contributed by atoms with Crippen LogP contribution in [0.1, 0.15) is 19.8 Å². The highest BCUT2D eigenvalue weighted by Crippen LogP contribution is 2.19. The van der Waals surface area contributed by atoms with Gasteiger partial charge in [-0.25, -0.2) is 0 Å². The third kappa shape index (κ3) is 0.838. The first-order chi connectivity index (χ1) is 4.86. The number of hydrogen-bond donors (Lipinski definition) is 0. The van der Waals surface area contributed by atoms with Crippen molar-refractivity contribution in [3.63, 3.8) is 0 Å². The van der Waals surface area contributed by atoms with Gasteiger partial charge in [-0.2, -0.15) is 5.10 Å². The van der Waals surface area contributed by atoms with Crippen LogP contribution in [0, 0.1) is 0 Å². The van der Waals surface area contributed by atoms with E-state index in [1.165, 1.54) is 5.71 Å². The Labute approximate surface area is 61.2 Å². The van der Waals surface area contributed by atoms with Crippen LogP contribution in [0.25, 0.3) is 0 Å². The van der Waals surface area contributed by atoms with Gasteiger partial charge in [-0.05, 0) is 13.3 Å². The molecular formula is C8H12N2. The molecule has 1 unspecified atom stereocenters. The zero-order chi connectivity index (χ0) is 6.97. The first-order valence-corrected chi connectivity index (χ1v) is 3.83. The Bertz CT molecular complexity index is 193. The molecule has 0 aromatic carbocycles. The second kappa shape index (κ2) is 2.11. The Balaban J connectivity index is 2.17. The summed E-state index contributed by atoms with van der Waals surface area (Å²) >= 11 is 0. The minimum atomic E-state index is 0.591. The quantitative estimate of drug-likeness (QED) is 0.459. The van der Waals surface area contributed by atoms with Crippen LogP contribution in [-0.4, -0.2) is 23.3 Å². The Kier molecular flexibility index (Phi) is 1.26. The molecule has 0 saturated carbocycles. The molecule has 0 fully saturated rings. The van der Waals surface area contributed by atoms with Crippen LogP contribution >= 0.6 is 0 Å². The van der Waals surface area contributed by atoms with Gasteiger partial charge < -0.3 is 0 Å². The average Bonchev–Trinajstić information content (AvgIpc) is 2.27. The van der Waals surface area contributed by atoms with Crippen LogP contribution in [0.15, 0.2) is 17.3 Å². The molecule has 2 heterocycles. The van der Waals surface area contributed by atoms with Crippen LogP contribution in [0.3, 0.4) is 0 Å². The van der Waals surface area contributed by atoms with E-state index >= 15 is 0 Å². The van der Waals surface area contributed by atoms with Gasteiger partial charge in [-0.1, -0.05) is 12.2 Å². The van der Waals surface area contributed by atoms with Gasteiger partial charge in [-0.15, -0.1) is 0 Å². The number of rotatable bonds is 0. The minimum absolute atomic E-state index is 0.591. The highest BCUT2D eigenvalue weighted by atomic mass is 15.5. The van der Waals surface area contributed by atoms with Gasteiger partial charge >= 0.3 is 0 Å². The lowest BCUT2D eigenvalue weighted by Crippen LogP contribution is -2.28. The summed E-state index contributed by atoms with van der Waals surface area (Å²) in [6.07, 6.45) is 6.82. The Morgan fingerprint density at radius 3 is 3.40 bits per heavy atom. The van der Waals surface area contributed by atoms with Crippen LogP contribution in [-0.2, 0) is 0 Å². The fourth-order valence-electron chi connectivity index (χ4n) is 1.59. The van der Waals surface area contributed by atoms with Crippen LogP contribution < -0.4 is 0 Å². The highest BCUT2D eigenvalue weighted by Gasteiger charge is 2.22. The standard InChI is InChI=1S/C8H12N2/c1-7-6-8-4-2-3-5-10(8)9-7/h2,4,8H,3,5-6H2,1H3. The molecule has 0 bridgehead atoms. The molecule has 2 nitrogen and oxygen atoms in total. The molecule has 0 aliphatic carbocycles. The predicted octanol–water partition coefficient (Wildman–Crippen LogP) is 1.40. The van der Waals surface area contributed by atoms with Gasteiger partial charge in [0.05, 0.1) is 6.04 Å². The van der Waals surface area contributed by atoms with Gasteiger partial charge in [0.25, 0.3) is 0 Å². The van der Waals surface area contributed by atoms with Crippen molar-refractivity contribution in [3.8, 4) is 0 Å². The van der Waals surface area contributed by atoms with Crippen molar-refractivity contribution in [1.82, 2.24) is 5.01 Å². The fraction of sp³-hybridized carbons (Fsp3) is 0.625. The predicted molar refractivity (Wildman–Crippen MR) is 42.0 cm³/mol. The zero-order valence-electron chi connectivity index (χ0n) is 6.25. The summed E-state index contributed by atoms with van der Waals surface area (Å²) < 4.78 is 0. The summed E-state index contributed by atoms with van der Waals surface area (Å²) in [4.78, 5) is 0. The molecule has 54 valence electrons. The van der Waals surface area contributed by atoms with E-state index in [0.717, 1.165) is 19.4 Å². The van der Waals surface area contributed by atoms with Crippen LogP contribution in [0.5, 0.6) is 0 Å². The van der Waals surface area contributed by atoms with Gasteiger partial charge in [-0.3, -0.25) is 5.01 Å². The fourth-order valence-corrected chi connectivity index (χ4v) is 1.59. The summed E-state index contributed by atoms with van der Waals surface area (Å²) in [5.74, 6) is 0. The van der Waals surface area contributed by atoms with E-state index in [-0.39, 0.29) is 0 Å². The molecule has 0 spiro atoms. The Morgan fingerprint density at radius 2 is 2.60 bits per heavy atom. The van der Waals surface area contributed by atoms with Gasteiger partial charge in [0.2, 0.25) is 0 Å². The van der Waals surface area contributed by atoms with Crippen LogP contribution in [0.2, 0.25) is 0 Å². The maximum Gasteiger partial charge on any atom is 0.0703 e. The maximum atomic E-state index is 4.41. The number of hydrazone groups is 1. The monoisotopic (exact) mass is 136 g/mol. The third-order valence-corrected chi connectivity index (χ3v) is 2.07. The SMILES string of the molecule is CC1=NN2CCC=CC2C1. The molecular weight excluding hydrogens is 124 g/mol. The molecule has 0 radical (unpaired) electrons. The molecule has 2 rings (SSSR count). The molecule has 1 atom stereocenters. The molecule has 2 aliphatic rings. The largest absolute Gasteiger partial charge is 0.290 e. The van der Waals surface area contributed by atoms with E-state index in [9.17, 15) is 0 Å². The van der Waals surface area contributed by atoms with E-state index in [0.29, 0.717) is 6.04 Å². The zero-order valence-corrected chi connectivity index (χ0v) is 6.25. The van der Waals surface area contributed by atoms with E-state index in [2.05, 4.69) is 29.2 Å². The van der Waals surface area contributed by atoms with Crippen molar-refractivity contribution in [2.45, 2.75) is 25.8 Å². The second-order valence-electron chi connectivity index (χ2n) is 2.99. The lowest BCUT2D eigenvalue weighted by molar-refractivity contribution is 0.261. The van der Waals surface area contributed by atoms with E-state index in [1.54, 1.807) is 0 Å². The van der Waals surface area contributed by atoms with Crippen molar-refractivity contribution in [1.29, 1.82) is 0 Å². The minimum Gasteiger partial charge on any atom is -0.290 e. The average molecular weight is 136 g/mol. The molecule has 0 N–H and O–H groups in total. The van der Waals surface area contributed by atoms with Crippen molar-refractivity contribution >= 4 is 5.71 Å². The molecule has 10 heavy (non-hydrogen) atoms. The Hall–Kier alpha value is -0.790. The summed E-state index contributed by atoms with van der Waals surface area (Å²) in [5.41, 5.74) is 1.27. The highest BCUT2D eigenvalue weighted by molar-refractivity contribution is 5.83. The first kappa shape index (κ1) is 5.96. The number of nitrogens with zero attached hydrogens (tertiary/aromatic N) is 2. The van der Waals surface area contributed by atoms with E-state index in [4.69, 9.17) is 0 Å². The van der Waals surface area contributed by atoms with Crippen molar-refractivity contribution in [2.75, 3.05) is 6.54 Å². The summed E-state index contributed by atoms with van der Waals surface area (Å²) in [5, 5.41) is 6.60. The normalized spacial score (nSPS) is 30.3. The molecule has 2 heteroatoms. The molecule has 2 aliphatic heterocycles. The maximum absolute atomic E-state index is 4.41. The Morgan fingerprint density at radius 1 is 1.70 bits per heavy atom. The summed E-state index contributed by atoms with van der Waals surface area (Å²) in [7, 11) is 0. The van der Waals surface area contributed by atoms with Gasteiger partial charge in [0, 0.05) is 18.7 Å². The number of hydrogen-bond acceptors (Lipinski definition) is 2.